The van der Waals surface area contributed by atoms with Crippen LogP contribution in [-0.2, 0) is 10.0 Å². The highest BCUT2D eigenvalue weighted by atomic mass is 32.2. The summed E-state index contributed by atoms with van der Waals surface area (Å²) >= 11 is 1.50. The van der Waals surface area contributed by atoms with Gasteiger partial charge in [-0.15, -0.1) is 18.2 Å². The fourth-order valence-electron chi connectivity index (χ4n) is 0.850. The molecule has 82 valence electrons. The number of rotatable bonds is 6. The molecule has 0 bridgehead atoms. The largest absolute Gasteiger partial charge is 0.266 e. The van der Waals surface area contributed by atoms with Crippen LogP contribution < -0.4 is 4.72 Å². The van der Waals surface area contributed by atoms with Crippen LogP contribution in [0.4, 0.5) is 0 Å². The van der Waals surface area contributed by atoms with Gasteiger partial charge >= 0.3 is 0 Å². The number of terminal acetylenes is 1. The van der Waals surface area contributed by atoms with E-state index in [9.17, 15) is 8.42 Å². The van der Waals surface area contributed by atoms with E-state index in [1.165, 1.54) is 24.0 Å². The van der Waals surface area contributed by atoms with Crippen LogP contribution in [0.5, 0.6) is 0 Å². The van der Waals surface area contributed by atoms with Crippen molar-refractivity contribution < 1.29 is 8.42 Å². The maximum atomic E-state index is 11.5. The smallest absolute Gasteiger partial charge is 0.257 e. The first-order valence-electron chi connectivity index (χ1n) is 4.17. The van der Waals surface area contributed by atoms with Gasteiger partial charge in [0.05, 0.1) is 11.9 Å². The van der Waals surface area contributed by atoms with E-state index in [2.05, 4.69) is 20.8 Å². The third-order valence-corrected chi connectivity index (χ3v) is 3.74. The van der Waals surface area contributed by atoms with E-state index in [4.69, 9.17) is 6.42 Å². The number of thioether (sulfide) groups is 1. The Hall–Kier alpha value is -0.970. The van der Waals surface area contributed by atoms with Crippen LogP contribution in [0.15, 0.2) is 17.3 Å². The predicted molar refractivity (Wildman–Crippen MR) is 59.9 cm³/mol. The van der Waals surface area contributed by atoms with Crippen LogP contribution in [-0.4, -0.2) is 36.7 Å². The summed E-state index contributed by atoms with van der Waals surface area (Å²) in [5, 5.41) is 6.03. The van der Waals surface area contributed by atoms with Crippen molar-refractivity contribution in [3.63, 3.8) is 0 Å². The van der Waals surface area contributed by atoms with Crippen LogP contribution in [0.3, 0.4) is 0 Å². The molecule has 5 nitrogen and oxygen atoms in total. The molecule has 0 amide bonds. The molecule has 0 aliphatic carbocycles. The molecule has 1 heterocycles. The molecule has 1 rings (SSSR count). The van der Waals surface area contributed by atoms with E-state index < -0.39 is 10.0 Å². The zero-order valence-electron chi connectivity index (χ0n) is 7.93. The third kappa shape index (κ3) is 3.95. The Bertz CT molecular complexity index is 419. The van der Waals surface area contributed by atoms with Crippen molar-refractivity contribution in [2.24, 2.45) is 0 Å². The monoisotopic (exact) mass is 245 g/mol. The fraction of sp³-hybridized carbons (Fsp3) is 0.375. The standard InChI is InChI=1S/C8H11N3O2S2/c1-2-6-14-7-5-10-15(12,13)8-3-4-9-11-8/h1,3-4,10H,5-7H2,(H,9,11). The molecule has 0 saturated heterocycles. The summed E-state index contributed by atoms with van der Waals surface area (Å²) in [6.45, 7) is 0.355. The topological polar surface area (TPSA) is 74.8 Å². The van der Waals surface area contributed by atoms with Crippen LogP contribution in [0.2, 0.25) is 0 Å². The van der Waals surface area contributed by atoms with E-state index in [0.717, 1.165) is 0 Å². The molecule has 7 heteroatoms. The van der Waals surface area contributed by atoms with Gasteiger partial charge in [0, 0.05) is 12.3 Å². The highest BCUT2D eigenvalue weighted by Gasteiger charge is 2.13. The zero-order valence-corrected chi connectivity index (χ0v) is 9.57. The van der Waals surface area contributed by atoms with Crippen molar-refractivity contribution >= 4 is 21.8 Å². The van der Waals surface area contributed by atoms with Gasteiger partial charge in [0.15, 0.2) is 5.03 Å². The van der Waals surface area contributed by atoms with Crippen molar-refractivity contribution in [3.05, 3.63) is 12.3 Å². The summed E-state index contributed by atoms with van der Waals surface area (Å²) in [5.41, 5.74) is 0. The predicted octanol–water partition coefficient (Wildman–Crippen LogP) is 0.0544. The van der Waals surface area contributed by atoms with E-state index >= 15 is 0 Å². The minimum atomic E-state index is -3.44. The van der Waals surface area contributed by atoms with Crippen LogP contribution in [0.1, 0.15) is 0 Å². The molecule has 0 unspecified atom stereocenters. The summed E-state index contributed by atoms with van der Waals surface area (Å²) in [5.74, 6) is 3.70. The molecule has 0 aliphatic heterocycles. The maximum absolute atomic E-state index is 11.5. The lowest BCUT2D eigenvalue weighted by atomic mass is 10.8. The molecule has 0 saturated carbocycles. The lowest BCUT2D eigenvalue weighted by Gasteiger charge is -2.02. The van der Waals surface area contributed by atoms with Crippen LogP contribution >= 0.6 is 11.8 Å². The second-order valence-corrected chi connectivity index (χ2v) is 5.42. The molecule has 2 N–H and O–H groups in total. The van der Waals surface area contributed by atoms with Crippen LogP contribution in [0.25, 0.3) is 0 Å². The Morgan fingerprint density at radius 3 is 3.07 bits per heavy atom. The number of nitrogens with zero attached hydrogens (tertiary/aromatic N) is 1. The lowest BCUT2D eigenvalue weighted by molar-refractivity contribution is 0.580. The first-order valence-corrected chi connectivity index (χ1v) is 6.81. The summed E-state index contributed by atoms with van der Waals surface area (Å²) in [4.78, 5) is 0. The summed E-state index contributed by atoms with van der Waals surface area (Å²) in [7, 11) is -3.44. The molecule has 0 fully saturated rings. The van der Waals surface area contributed by atoms with Gasteiger partial charge in [-0.3, -0.25) is 5.10 Å². The Balaban J connectivity index is 2.36. The maximum Gasteiger partial charge on any atom is 0.257 e. The van der Waals surface area contributed by atoms with Gasteiger partial charge in [0.25, 0.3) is 10.0 Å². The Morgan fingerprint density at radius 1 is 1.67 bits per heavy atom. The van der Waals surface area contributed by atoms with E-state index in [1.807, 2.05) is 0 Å². The second-order valence-electron chi connectivity index (χ2n) is 2.58. The summed E-state index contributed by atoms with van der Waals surface area (Å²) in [6.07, 6.45) is 6.44. The van der Waals surface area contributed by atoms with E-state index in [0.29, 0.717) is 18.1 Å². The van der Waals surface area contributed by atoms with Gasteiger partial charge in [-0.1, -0.05) is 5.92 Å². The van der Waals surface area contributed by atoms with Gasteiger partial charge in [0.2, 0.25) is 0 Å². The summed E-state index contributed by atoms with van der Waals surface area (Å²) in [6, 6.07) is 1.40. The van der Waals surface area contributed by atoms with Crippen molar-refractivity contribution in [2.75, 3.05) is 18.1 Å². The lowest BCUT2D eigenvalue weighted by Crippen LogP contribution is -2.26. The first kappa shape index (κ1) is 12.1. The average molecular weight is 245 g/mol. The first-order chi connectivity index (χ1) is 7.17. The number of hydrogen-bond acceptors (Lipinski definition) is 4. The quantitative estimate of drug-likeness (QED) is 0.549. The van der Waals surface area contributed by atoms with Gasteiger partial charge < -0.3 is 0 Å². The average Bonchev–Trinajstić information content (AvgIpc) is 2.70. The SMILES string of the molecule is C#CCSCCNS(=O)(=O)c1ccn[nH]1. The molecule has 0 aliphatic rings. The Kier molecular flexibility index (Phi) is 4.68. The van der Waals surface area contributed by atoms with E-state index in [-0.39, 0.29) is 5.03 Å². The third-order valence-electron chi connectivity index (χ3n) is 1.49. The number of nitrogens with one attached hydrogen (secondary N) is 2. The Morgan fingerprint density at radius 2 is 2.47 bits per heavy atom. The van der Waals surface area contributed by atoms with Gasteiger partial charge in [-0.05, 0) is 6.07 Å². The molecule has 1 aromatic heterocycles. The second kappa shape index (κ2) is 5.80. The molecule has 15 heavy (non-hydrogen) atoms. The highest BCUT2D eigenvalue weighted by molar-refractivity contribution is 7.99. The van der Waals surface area contributed by atoms with Crippen molar-refractivity contribution in [1.82, 2.24) is 14.9 Å². The zero-order chi connectivity index (χ0) is 11.1. The van der Waals surface area contributed by atoms with Crippen molar-refractivity contribution in [3.8, 4) is 12.3 Å². The number of hydrogen-bond donors (Lipinski definition) is 2. The number of aromatic nitrogens is 2. The highest BCUT2D eigenvalue weighted by Crippen LogP contribution is 2.02. The molecule has 0 atom stereocenters. The van der Waals surface area contributed by atoms with Gasteiger partial charge in [-0.2, -0.15) is 5.10 Å². The normalized spacial score (nSPS) is 11.1. The molecule has 0 spiro atoms. The molecular formula is C8H11N3O2S2. The van der Waals surface area contributed by atoms with Crippen molar-refractivity contribution in [1.29, 1.82) is 0 Å². The number of aromatic amines is 1. The summed E-state index contributed by atoms with van der Waals surface area (Å²) < 4.78 is 25.4. The fourth-order valence-corrected chi connectivity index (χ4v) is 2.43. The minimum absolute atomic E-state index is 0.0736. The minimum Gasteiger partial charge on any atom is -0.266 e. The molecule has 1 aromatic rings. The Labute approximate surface area is 93.1 Å². The van der Waals surface area contributed by atoms with E-state index in [1.54, 1.807) is 0 Å². The molecular weight excluding hydrogens is 234 g/mol. The van der Waals surface area contributed by atoms with Crippen molar-refractivity contribution in [2.45, 2.75) is 5.03 Å². The molecule has 0 aromatic carbocycles. The molecule has 0 radical (unpaired) electrons. The van der Waals surface area contributed by atoms with Gasteiger partial charge in [-0.25, -0.2) is 13.1 Å². The number of sulfonamides is 1. The number of H-pyrrole nitrogens is 1. The van der Waals surface area contributed by atoms with Crippen LogP contribution in [0, 0.1) is 12.3 Å². The van der Waals surface area contributed by atoms with Gasteiger partial charge in [0.1, 0.15) is 0 Å².